The molecule has 2 saturated heterocycles. The lowest BCUT2D eigenvalue weighted by Gasteiger charge is -2.38. The summed E-state index contributed by atoms with van der Waals surface area (Å²) in [6.07, 6.45) is -1.20. The first kappa shape index (κ1) is 35.6. The monoisotopic (exact) mass is 720 g/mol. The van der Waals surface area contributed by atoms with Gasteiger partial charge in [-0.2, -0.15) is 13.2 Å². The van der Waals surface area contributed by atoms with Gasteiger partial charge in [-0.05, 0) is 55.9 Å². The van der Waals surface area contributed by atoms with Crippen molar-refractivity contribution < 1.29 is 37.4 Å². The Morgan fingerprint density at radius 1 is 1.02 bits per heavy atom. The average molecular weight is 721 g/mol. The van der Waals surface area contributed by atoms with Crippen molar-refractivity contribution in [1.82, 2.24) is 14.7 Å². The van der Waals surface area contributed by atoms with Gasteiger partial charge >= 0.3 is 12.1 Å². The molecule has 0 radical (unpaired) electrons. The number of piperazine rings is 1. The first-order valence-electron chi connectivity index (χ1n) is 16.7. The Hall–Kier alpha value is -3.23. The zero-order valence-electron chi connectivity index (χ0n) is 27.0. The molecule has 2 atom stereocenters. The molecule has 2 amide bonds. The predicted molar refractivity (Wildman–Crippen MR) is 182 cm³/mol. The van der Waals surface area contributed by atoms with Gasteiger partial charge in [-0.1, -0.05) is 35.9 Å². The van der Waals surface area contributed by atoms with E-state index >= 15 is 0 Å². The summed E-state index contributed by atoms with van der Waals surface area (Å²) >= 11 is 8.08. The van der Waals surface area contributed by atoms with E-state index in [1.165, 1.54) is 16.2 Å². The predicted octanol–water partition coefficient (Wildman–Crippen LogP) is 6.16. The zero-order chi connectivity index (χ0) is 34.7. The molecule has 0 unspecified atom stereocenters. The van der Waals surface area contributed by atoms with Gasteiger partial charge in [0.1, 0.15) is 0 Å². The fourth-order valence-corrected chi connectivity index (χ4v) is 8.46. The maximum Gasteiger partial charge on any atom is 0.401 e. The number of carboxylic acids is 1. The van der Waals surface area contributed by atoms with Crippen LogP contribution in [0, 0.1) is 5.92 Å². The smallest absolute Gasteiger partial charge is 0.401 e. The first-order valence-corrected chi connectivity index (χ1v) is 17.9. The summed E-state index contributed by atoms with van der Waals surface area (Å²) < 4.78 is 46.1. The minimum atomic E-state index is -4.24. The second-order valence-corrected chi connectivity index (χ2v) is 14.6. The van der Waals surface area contributed by atoms with Gasteiger partial charge < -0.3 is 20.1 Å². The van der Waals surface area contributed by atoms with E-state index in [1.54, 1.807) is 18.2 Å². The summed E-state index contributed by atoms with van der Waals surface area (Å²) in [5.41, 5.74) is 1.68. The van der Waals surface area contributed by atoms with Crippen molar-refractivity contribution in [2.75, 3.05) is 51.2 Å². The molecule has 2 aliphatic heterocycles. The molecule has 264 valence electrons. The number of hydrogen-bond acceptors (Lipinski definition) is 7. The molecule has 0 spiro atoms. The minimum Gasteiger partial charge on any atom is -0.481 e. The van der Waals surface area contributed by atoms with Gasteiger partial charge in [0.25, 0.3) is 5.91 Å². The van der Waals surface area contributed by atoms with Crippen LogP contribution in [0.2, 0.25) is 5.02 Å². The molecule has 3 aliphatic rings. The molecule has 6 rings (SSSR count). The summed E-state index contributed by atoms with van der Waals surface area (Å²) in [4.78, 5) is 43.7. The fourth-order valence-electron chi connectivity index (χ4n) is 7.27. The van der Waals surface area contributed by atoms with Gasteiger partial charge in [-0.25, -0.2) is 0 Å². The van der Waals surface area contributed by atoms with Crippen LogP contribution >= 0.6 is 22.9 Å². The molecular formula is C35H40ClF3N4O5S. The second-order valence-electron chi connectivity index (χ2n) is 13.3. The number of hydrogen-bond donors (Lipinski definition) is 2. The number of fused-ring (bicyclic) bond motifs is 1. The number of benzene rings is 2. The number of carbonyl (C=O) groups is 3. The quantitative estimate of drug-likeness (QED) is 0.259. The number of halogens is 4. The molecule has 1 aliphatic carbocycles. The van der Waals surface area contributed by atoms with Crippen molar-refractivity contribution in [3.05, 3.63) is 64.0 Å². The van der Waals surface area contributed by atoms with Gasteiger partial charge in [0.2, 0.25) is 5.91 Å². The summed E-state index contributed by atoms with van der Waals surface area (Å²) in [5.74, 6) is -1.52. The number of nitrogens with zero attached hydrogens (tertiary/aromatic N) is 3. The number of alkyl halides is 3. The highest BCUT2D eigenvalue weighted by atomic mass is 35.5. The standard InChI is InChI=1S/C35H40ClF3N4O5S/c36-29-15-22(5-10-30(29)40-33(45)28-20-49-31-4-2-1-3-27(28)31)16-32(44)43-18-24(42-13-11-41(12-14-42)21-35(37,38)39)17-25(43)19-48-26-8-6-23(7-9-26)34(46)47/h1-5,10,15,20,23-26H,6-9,11-14,16-19,21H2,(H,40,45)(H,46,47)/t23-,24-,25-,26-/m0/s1. The number of rotatable bonds is 10. The number of carbonyl (C=O) groups excluding carboxylic acids is 2. The van der Waals surface area contributed by atoms with Crippen molar-refractivity contribution >= 4 is 56.5 Å². The zero-order valence-corrected chi connectivity index (χ0v) is 28.5. The Labute approximate surface area is 291 Å². The largest absolute Gasteiger partial charge is 0.481 e. The van der Waals surface area contributed by atoms with Crippen molar-refractivity contribution in [3.63, 3.8) is 0 Å². The summed E-state index contributed by atoms with van der Waals surface area (Å²) in [6.45, 7) is 1.41. The van der Waals surface area contributed by atoms with Crippen molar-refractivity contribution in [3.8, 4) is 0 Å². The maximum absolute atomic E-state index is 13.8. The number of nitrogens with one attached hydrogen (secondary N) is 1. The van der Waals surface area contributed by atoms with E-state index in [2.05, 4.69) is 10.2 Å². The molecule has 0 bridgehead atoms. The lowest BCUT2D eigenvalue weighted by Crippen LogP contribution is -2.52. The van der Waals surface area contributed by atoms with Crippen LogP contribution in [0.25, 0.3) is 10.1 Å². The molecule has 3 aromatic rings. The molecule has 2 aromatic carbocycles. The third-order valence-corrected chi connectivity index (χ3v) is 11.2. The topological polar surface area (TPSA) is 102 Å². The van der Waals surface area contributed by atoms with Crippen molar-refractivity contribution in [2.45, 2.75) is 62.9 Å². The number of ether oxygens (including phenoxy) is 1. The van der Waals surface area contributed by atoms with Gasteiger partial charge in [-0.3, -0.25) is 24.2 Å². The van der Waals surface area contributed by atoms with Gasteiger partial charge in [-0.15, -0.1) is 11.3 Å². The van der Waals surface area contributed by atoms with Crippen LogP contribution < -0.4 is 5.32 Å². The molecule has 14 heteroatoms. The Balaban J connectivity index is 1.09. The lowest BCUT2D eigenvalue weighted by atomic mass is 9.87. The summed E-state index contributed by atoms with van der Waals surface area (Å²) in [5, 5.41) is 15.2. The normalized spacial score (nSPS) is 24.0. The molecule has 2 N–H and O–H groups in total. The van der Waals surface area contributed by atoms with Crippen molar-refractivity contribution in [2.24, 2.45) is 5.92 Å². The molecule has 3 heterocycles. The van der Waals surface area contributed by atoms with Gasteiger partial charge in [0, 0.05) is 54.2 Å². The Morgan fingerprint density at radius 3 is 2.45 bits per heavy atom. The highest BCUT2D eigenvalue weighted by Crippen LogP contribution is 2.31. The van der Waals surface area contributed by atoms with Crippen molar-refractivity contribution in [1.29, 1.82) is 0 Å². The van der Waals surface area contributed by atoms with Crippen LogP contribution in [0.15, 0.2) is 47.8 Å². The van der Waals surface area contributed by atoms with Gasteiger partial charge in [0.15, 0.2) is 0 Å². The highest BCUT2D eigenvalue weighted by Gasteiger charge is 2.40. The number of thiophene rings is 1. The Kier molecular flexibility index (Phi) is 11.1. The molecule has 49 heavy (non-hydrogen) atoms. The van der Waals surface area contributed by atoms with Crippen LogP contribution in [-0.4, -0.2) is 108 Å². The number of amides is 2. The van der Waals surface area contributed by atoms with Crippen LogP contribution in [-0.2, 0) is 20.7 Å². The van der Waals surface area contributed by atoms with E-state index in [-0.39, 0.29) is 42.3 Å². The maximum atomic E-state index is 13.8. The number of carboxylic acid groups (broad SMARTS) is 1. The number of aliphatic carboxylic acids is 1. The van der Waals surface area contributed by atoms with E-state index in [0.29, 0.717) is 93.3 Å². The lowest BCUT2D eigenvalue weighted by molar-refractivity contribution is -0.150. The van der Waals surface area contributed by atoms with E-state index in [9.17, 15) is 32.7 Å². The molecule has 1 aromatic heterocycles. The van der Waals surface area contributed by atoms with Crippen LogP contribution in [0.3, 0.4) is 0 Å². The number of likely N-dealkylation sites (tertiary alicyclic amines) is 1. The van der Waals surface area contributed by atoms with Crippen LogP contribution in [0.1, 0.15) is 48.0 Å². The summed E-state index contributed by atoms with van der Waals surface area (Å²) in [6, 6.07) is 12.6. The SMILES string of the molecule is O=C(Nc1ccc(CC(=O)N2C[C@@H](N3CCN(CC(F)(F)F)CC3)C[C@H]2CO[C@H]2CC[C@H](C(=O)O)CC2)cc1Cl)c1csc2ccccc12. The third-order valence-electron chi connectivity index (χ3n) is 9.95. The summed E-state index contributed by atoms with van der Waals surface area (Å²) in [7, 11) is 0. The average Bonchev–Trinajstić information content (AvgIpc) is 3.70. The Morgan fingerprint density at radius 2 is 1.76 bits per heavy atom. The van der Waals surface area contributed by atoms with E-state index in [0.717, 1.165) is 10.1 Å². The minimum absolute atomic E-state index is 0.0114. The van der Waals surface area contributed by atoms with E-state index < -0.39 is 18.7 Å². The van der Waals surface area contributed by atoms with E-state index in [4.69, 9.17) is 16.3 Å². The first-order chi connectivity index (χ1) is 23.4. The van der Waals surface area contributed by atoms with Crippen LogP contribution in [0.4, 0.5) is 18.9 Å². The van der Waals surface area contributed by atoms with E-state index in [1.807, 2.05) is 34.5 Å². The van der Waals surface area contributed by atoms with Crippen LogP contribution in [0.5, 0.6) is 0 Å². The fraction of sp³-hybridized carbons (Fsp3) is 0.514. The molecule has 3 fully saturated rings. The third kappa shape index (κ3) is 8.93. The van der Waals surface area contributed by atoms with Gasteiger partial charge in [0.05, 0.1) is 53.9 Å². The molecular weight excluding hydrogens is 681 g/mol. The second kappa shape index (κ2) is 15.3. The molecule has 9 nitrogen and oxygen atoms in total. The molecule has 1 saturated carbocycles. The number of anilines is 1. The Bertz CT molecular complexity index is 1660. The highest BCUT2D eigenvalue weighted by molar-refractivity contribution is 7.17.